The zero-order valence-electron chi connectivity index (χ0n) is 16.9. The summed E-state index contributed by atoms with van der Waals surface area (Å²) < 4.78 is 58.6. The van der Waals surface area contributed by atoms with Crippen molar-refractivity contribution in [2.24, 2.45) is 7.05 Å². The summed E-state index contributed by atoms with van der Waals surface area (Å²) in [6, 6.07) is 4.98. The second-order valence-electron chi connectivity index (χ2n) is 6.89. The van der Waals surface area contributed by atoms with E-state index in [0.29, 0.717) is 6.07 Å². The van der Waals surface area contributed by atoms with E-state index in [4.69, 9.17) is 28.9 Å². The highest BCUT2D eigenvalue weighted by Crippen LogP contribution is 2.29. The number of sulfonamides is 1. The number of halogens is 4. The minimum Gasteiger partial charge on any atom is -0.368 e. The molecule has 0 atom stereocenters. The Balaban J connectivity index is 1.93. The summed E-state index contributed by atoms with van der Waals surface area (Å²) in [6.45, 7) is 0. The number of fused-ring (bicyclic) bond motifs is 1. The molecule has 0 fully saturated rings. The predicted octanol–water partition coefficient (Wildman–Crippen LogP) is 2.45. The van der Waals surface area contributed by atoms with Gasteiger partial charge < -0.3 is 5.73 Å². The Kier molecular flexibility index (Phi) is 5.79. The van der Waals surface area contributed by atoms with Gasteiger partial charge in [-0.15, -0.1) is 0 Å². The molecule has 15 heteroatoms. The third-order valence-corrected chi connectivity index (χ3v) is 6.82. The van der Waals surface area contributed by atoms with Crippen molar-refractivity contribution in [2.75, 3.05) is 10.5 Å². The standard InChI is InChI=1S/C19H12Cl2F2N6O4S/c1-28-16-9(7-25-18(24)26-16)17(30)29(19(28)31)15-11(22)3-4-12(14(15)23)27-34(32,33)13-5-2-8(20)6-10(13)21/h2-7,27H,1H3,(H2,24,25,26). The number of aryl methyl sites for hydroxylation is 1. The van der Waals surface area contributed by atoms with Crippen LogP contribution in [-0.2, 0) is 17.1 Å². The minimum absolute atomic E-state index is 0.159. The van der Waals surface area contributed by atoms with E-state index in [1.54, 1.807) is 0 Å². The van der Waals surface area contributed by atoms with E-state index >= 15 is 4.39 Å². The van der Waals surface area contributed by atoms with Crippen LogP contribution in [0, 0.1) is 11.6 Å². The maximum absolute atomic E-state index is 15.4. The number of nitrogens with zero attached hydrogens (tertiary/aromatic N) is 4. The Hall–Kier alpha value is -3.55. The van der Waals surface area contributed by atoms with E-state index in [1.807, 2.05) is 4.72 Å². The van der Waals surface area contributed by atoms with Gasteiger partial charge in [0.05, 0.1) is 10.7 Å². The van der Waals surface area contributed by atoms with Gasteiger partial charge in [-0.2, -0.15) is 4.98 Å². The molecule has 34 heavy (non-hydrogen) atoms. The lowest BCUT2D eigenvalue weighted by Gasteiger charge is -2.15. The number of benzene rings is 2. The van der Waals surface area contributed by atoms with Crippen LogP contribution >= 0.6 is 23.2 Å². The number of hydrogen-bond acceptors (Lipinski definition) is 7. The number of anilines is 2. The van der Waals surface area contributed by atoms with Crippen molar-refractivity contribution in [3.63, 3.8) is 0 Å². The number of hydrogen-bond donors (Lipinski definition) is 2. The Morgan fingerprint density at radius 2 is 1.82 bits per heavy atom. The molecule has 0 saturated heterocycles. The van der Waals surface area contributed by atoms with Crippen LogP contribution in [0.4, 0.5) is 20.4 Å². The second kappa shape index (κ2) is 8.34. The van der Waals surface area contributed by atoms with E-state index < -0.39 is 49.2 Å². The molecule has 0 aliphatic heterocycles. The molecule has 0 aliphatic carbocycles. The summed E-state index contributed by atoms with van der Waals surface area (Å²) in [5, 5.41) is -0.341. The lowest BCUT2D eigenvalue weighted by Crippen LogP contribution is -2.39. The summed E-state index contributed by atoms with van der Waals surface area (Å²) in [4.78, 5) is 32.8. The largest absolute Gasteiger partial charge is 0.368 e. The normalized spacial score (nSPS) is 11.7. The topological polar surface area (TPSA) is 142 Å². The van der Waals surface area contributed by atoms with Crippen LogP contribution < -0.4 is 21.7 Å². The fraction of sp³-hybridized carbons (Fsp3) is 0.0526. The highest BCUT2D eigenvalue weighted by molar-refractivity contribution is 7.92. The molecular formula is C19H12Cl2F2N6O4S. The van der Waals surface area contributed by atoms with E-state index in [9.17, 15) is 22.4 Å². The Bertz CT molecular complexity index is 1720. The van der Waals surface area contributed by atoms with Crippen LogP contribution in [0.25, 0.3) is 16.7 Å². The average molecular weight is 529 g/mol. The quantitative estimate of drug-likeness (QED) is 0.414. The van der Waals surface area contributed by atoms with Crippen molar-refractivity contribution in [2.45, 2.75) is 4.90 Å². The van der Waals surface area contributed by atoms with E-state index in [1.165, 1.54) is 13.1 Å². The van der Waals surface area contributed by atoms with E-state index in [0.717, 1.165) is 29.0 Å². The lowest BCUT2D eigenvalue weighted by molar-refractivity contribution is 0.560. The molecule has 0 spiro atoms. The number of rotatable bonds is 4. The molecule has 4 rings (SSSR count). The highest BCUT2D eigenvalue weighted by atomic mass is 35.5. The molecule has 2 heterocycles. The van der Waals surface area contributed by atoms with Gasteiger partial charge in [0.1, 0.15) is 16.0 Å². The van der Waals surface area contributed by atoms with Crippen LogP contribution in [0.3, 0.4) is 0 Å². The molecule has 10 nitrogen and oxygen atoms in total. The molecule has 3 N–H and O–H groups in total. The predicted molar refractivity (Wildman–Crippen MR) is 122 cm³/mol. The zero-order chi connectivity index (χ0) is 24.9. The Labute approximate surface area is 199 Å². The van der Waals surface area contributed by atoms with Crippen LogP contribution in [0.2, 0.25) is 10.0 Å². The average Bonchev–Trinajstić information content (AvgIpc) is 2.76. The summed E-state index contributed by atoms with van der Waals surface area (Å²) in [5.41, 5.74) is 1.18. The molecule has 2 aromatic carbocycles. The molecule has 0 aliphatic rings. The second-order valence-corrected chi connectivity index (χ2v) is 9.38. The van der Waals surface area contributed by atoms with Gasteiger partial charge in [0.25, 0.3) is 15.6 Å². The molecule has 4 aromatic rings. The van der Waals surface area contributed by atoms with E-state index in [2.05, 4.69) is 9.97 Å². The Morgan fingerprint density at radius 3 is 2.50 bits per heavy atom. The van der Waals surface area contributed by atoms with E-state index in [-0.39, 0.29) is 31.6 Å². The first-order chi connectivity index (χ1) is 15.9. The highest BCUT2D eigenvalue weighted by Gasteiger charge is 2.25. The van der Waals surface area contributed by atoms with Crippen molar-refractivity contribution in [3.05, 3.63) is 79.0 Å². The lowest BCUT2D eigenvalue weighted by atomic mass is 10.2. The van der Waals surface area contributed by atoms with Crippen molar-refractivity contribution < 1.29 is 17.2 Å². The third-order valence-electron chi connectivity index (χ3n) is 4.73. The van der Waals surface area contributed by atoms with Gasteiger partial charge in [-0.1, -0.05) is 23.2 Å². The molecule has 0 radical (unpaired) electrons. The SMILES string of the molecule is Cn1c(=O)n(-c2c(F)ccc(NS(=O)(=O)c3ccc(Cl)cc3Cl)c2F)c(=O)c2cnc(N)nc21. The van der Waals surface area contributed by atoms with Crippen LogP contribution in [0.5, 0.6) is 0 Å². The van der Waals surface area contributed by atoms with Gasteiger partial charge in [0, 0.05) is 18.3 Å². The molecular weight excluding hydrogens is 517 g/mol. The van der Waals surface area contributed by atoms with Gasteiger partial charge >= 0.3 is 5.69 Å². The Morgan fingerprint density at radius 1 is 1.12 bits per heavy atom. The smallest absolute Gasteiger partial charge is 0.337 e. The number of aromatic nitrogens is 4. The zero-order valence-corrected chi connectivity index (χ0v) is 19.2. The van der Waals surface area contributed by atoms with Crippen molar-refractivity contribution in [1.29, 1.82) is 0 Å². The molecule has 0 saturated carbocycles. The molecule has 0 unspecified atom stereocenters. The van der Waals surface area contributed by atoms with Crippen molar-refractivity contribution in [3.8, 4) is 5.69 Å². The maximum atomic E-state index is 15.4. The van der Waals surface area contributed by atoms with Gasteiger partial charge in [-0.3, -0.25) is 14.1 Å². The van der Waals surface area contributed by atoms with Gasteiger partial charge in [-0.05, 0) is 30.3 Å². The monoisotopic (exact) mass is 528 g/mol. The minimum atomic E-state index is -4.47. The van der Waals surface area contributed by atoms with Crippen LogP contribution in [-0.4, -0.2) is 27.5 Å². The fourth-order valence-corrected chi connectivity index (χ4v) is 4.99. The summed E-state index contributed by atoms with van der Waals surface area (Å²) in [5.74, 6) is -3.06. The number of nitrogens with two attached hydrogens (primary N) is 1. The number of nitrogens with one attached hydrogen (secondary N) is 1. The molecule has 0 bridgehead atoms. The summed E-state index contributed by atoms with van der Waals surface area (Å²) >= 11 is 11.7. The van der Waals surface area contributed by atoms with Gasteiger partial charge in [-0.25, -0.2) is 31.5 Å². The maximum Gasteiger partial charge on any atom is 0.337 e. The summed E-state index contributed by atoms with van der Waals surface area (Å²) in [7, 11) is -3.26. The molecule has 2 aromatic heterocycles. The summed E-state index contributed by atoms with van der Waals surface area (Å²) in [6.07, 6.45) is 1.00. The first-order valence-electron chi connectivity index (χ1n) is 9.13. The fourth-order valence-electron chi connectivity index (χ4n) is 3.16. The van der Waals surface area contributed by atoms with Crippen LogP contribution in [0.1, 0.15) is 0 Å². The van der Waals surface area contributed by atoms with Crippen molar-refractivity contribution in [1.82, 2.24) is 19.1 Å². The van der Waals surface area contributed by atoms with Crippen LogP contribution in [0.15, 0.2) is 51.0 Å². The number of nitrogen functional groups attached to an aromatic ring is 1. The first kappa shape index (κ1) is 23.6. The molecule has 0 amide bonds. The van der Waals surface area contributed by atoms with Crippen molar-refractivity contribution >= 4 is 55.9 Å². The molecule has 176 valence electrons. The third kappa shape index (κ3) is 3.87. The first-order valence-corrected chi connectivity index (χ1v) is 11.4. The van der Waals surface area contributed by atoms with Gasteiger partial charge in [0.15, 0.2) is 17.3 Å². The van der Waals surface area contributed by atoms with Gasteiger partial charge in [0.2, 0.25) is 5.95 Å².